The first kappa shape index (κ1) is 19.9. The normalized spacial score (nSPS) is 11.8. The Morgan fingerprint density at radius 2 is 1.82 bits per heavy atom. The fourth-order valence-corrected chi connectivity index (χ4v) is 3.14. The highest BCUT2D eigenvalue weighted by atomic mass is 19.4. The van der Waals surface area contributed by atoms with E-state index in [9.17, 15) is 18.0 Å². The molecular weight excluding hydrogens is 369 g/mol. The standard InChI is InChI=1S/C20H21F3N4O/c1-12-10-18-25-13(2)17(14(3)27(18)26-12)8-9-19(28)24-11-15-4-6-16(7-5-15)20(21,22)23/h4-7,10H,8-9,11H2,1-3H3,(H,24,28). The number of carbonyl (C=O) groups excluding carboxylic acids is 1. The minimum atomic E-state index is -4.36. The summed E-state index contributed by atoms with van der Waals surface area (Å²) in [4.78, 5) is 16.7. The van der Waals surface area contributed by atoms with Gasteiger partial charge in [-0.2, -0.15) is 18.3 Å². The Kier molecular flexibility index (Phi) is 5.40. The molecule has 1 N–H and O–H groups in total. The number of aryl methyl sites for hydroxylation is 3. The first-order chi connectivity index (χ1) is 13.1. The maximum absolute atomic E-state index is 12.6. The SMILES string of the molecule is Cc1cc2nc(C)c(CCC(=O)NCc3ccc(C(F)(F)F)cc3)c(C)n2n1. The average Bonchev–Trinajstić information content (AvgIpc) is 2.99. The van der Waals surface area contributed by atoms with Crippen molar-refractivity contribution in [3.63, 3.8) is 0 Å². The van der Waals surface area contributed by atoms with Crippen molar-refractivity contribution >= 4 is 11.6 Å². The van der Waals surface area contributed by atoms with Gasteiger partial charge in [-0.25, -0.2) is 9.50 Å². The van der Waals surface area contributed by atoms with Crippen LogP contribution in [0.3, 0.4) is 0 Å². The van der Waals surface area contributed by atoms with Crippen molar-refractivity contribution in [3.05, 3.63) is 64.1 Å². The molecule has 0 atom stereocenters. The molecule has 0 aliphatic heterocycles. The molecule has 0 aliphatic rings. The van der Waals surface area contributed by atoms with Crippen LogP contribution in [0.4, 0.5) is 13.2 Å². The maximum Gasteiger partial charge on any atom is 0.416 e. The molecule has 8 heteroatoms. The lowest BCUT2D eigenvalue weighted by atomic mass is 10.1. The molecule has 28 heavy (non-hydrogen) atoms. The molecule has 148 valence electrons. The second-order valence-electron chi connectivity index (χ2n) is 6.79. The van der Waals surface area contributed by atoms with Crippen molar-refractivity contribution in [3.8, 4) is 0 Å². The van der Waals surface area contributed by atoms with Gasteiger partial charge in [0.25, 0.3) is 0 Å². The van der Waals surface area contributed by atoms with Crippen molar-refractivity contribution in [2.75, 3.05) is 0 Å². The lowest BCUT2D eigenvalue weighted by Gasteiger charge is -2.11. The molecule has 0 saturated carbocycles. The van der Waals surface area contributed by atoms with E-state index in [2.05, 4.69) is 15.4 Å². The number of hydrogen-bond donors (Lipinski definition) is 1. The third-order valence-electron chi connectivity index (χ3n) is 4.66. The summed E-state index contributed by atoms with van der Waals surface area (Å²) >= 11 is 0. The molecule has 0 unspecified atom stereocenters. The fourth-order valence-electron chi connectivity index (χ4n) is 3.14. The fraction of sp³-hybridized carbons (Fsp3) is 0.350. The van der Waals surface area contributed by atoms with E-state index in [1.165, 1.54) is 12.1 Å². The number of benzene rings is 1. The number of carbonyl (C=O) groups is 1. The first-order valence-electron chi connectivity index (χ1n) is 8.90. The van der Waals surface area contributed by atoms with E-state index in [0.717, 1.165) is 40.4 Å². The van der Waals surface area contributed by atoms with E-state index >= 15 is 0 Å². The zero-order chi connectivity index (χ0) is 20.5. The Balaban J connectivity index is 1.59. The molecule has 0 saturated heterocycles. The van der Waals surface area contributed by atoms with Crippen molar-refractivity contribution in [1.82, 2.24) is 19.9 Å². The number of halogens is 3. The van der Waals surface area contributed by atoms with E-state index in [1.807, 2.05) is 26.8 Å². The highest BCUT2D eigenvalue weighted by Gasteiger charge is 2.29. The Bertz CT molecular complexity index is 1010. The van der Waals surface area contributed by atoms with E-state index in [4.69, 9.17) is 0 Å². The van der Waals surface area contributed by atoms with E-state index in [-0.39, 0.29) is 18.9 Å². The van der Waals surface area contributed by atoms with Gasteiger partial charge in [0, 0.05) is 30.4 Å². The van der Waals surface area contributed by atoms with Crippen molar-refractivity contribution < 1.29 is 18.0 Å². The quantitative estimate of drug-likeness (QED) is 0.718. The zero-order valence-electron chi connectivity index (χ0n) is 15.9. The van der Waals surface area contributed by atoms with Crippen LogP contribution in [0.5, 0.6) is 0 Å². The highest BCUT2D eigenvalue weighted by molar-refractivity contribution is 5.76. The molecule has 0 spiro atoms. The second-order valence-corrected chi connectivity index (χ2v) is 6.79. The zero-order valence-corrected chi connectivity index (χ0v) is 15.9. The lowest BCUT2D eigenvalue weighted by molar-refractivity contribution is -0.137. The molecular formula is C20H21F3N4O. The molecule has 2 aromatic heterocycles. The molecule has 0 bridgehead atoms. The molecule has 3 rings (SSSR count). The number of nitrogens with zero attached hydrogens (tertiary/aromatic N) is 3. The van der Waals surface area contributed by atoms with Crippen LogP contribution in [0.2, 0.25) is 0 Å². The average molecular weight is 390 g/mol. The summed E-state index contributed by atoms with van der Waals surface area (Å²) in [5.41, 5.74) is 4.35. The summed E-state index contributed by atoms with van der Waals surface area (Å²) in [7, 11) is 0. The summed E-state index contributed by atoms with van der Waals surface area (Å²) in [5.74, 6) is -0.171. The number of fused-ring (bicyclic) bond motifs is 1. The number of alkyl halides is 3. The largest absolute Gasteiger partial charge is 0.416 e. The van der Waals surface area contributed by atoms with Gasteiger partial charge in [0.1, 0.15) is 0 Å². The van der Waals surface area contributed by atoms with Crippen molar-refractivity contribution in [1.29, 1.82) is 0 Å². The van der Waals surface area contributed by atoms with Crippen LogP contribution in [0, 0.1) is 20.8 Å². The van der Waals surface area contributed by atoms with Crippen LogP contribution < -0.4 is 5.32 Å². The Morgan fingerprint density at radius 1 is 1.14 bits per heavy atom. The predicted molar refractivity (Wildman–Crippen MR) is 98.8 cm³/mol. The Hall–Kier alpha value is -2.90. The Labute approximate surface area is 160 Å². The number of hydrogen-bond acceptors (Lipinski definition) is 3. The van der Waals surface area contributed by atoms with Crippen molar-refractivity contribution in [2.24, 2.45) is 0 Å². The molecule has 5 nitrogen and oxygen atoms in total. The van der Waals surface area contributed by atoms with Gasteiger partial charge in [0.05, 0.1) is 11.3 Å². The summed E-state index contributed by atoms with van der Waals surface area (Å²) < 4.78 is 39.5. The molecule has 0 fully saturated rings. The number of nitrogens with one attached hydrogen (secondary N) is 1. The van der Waals surface area contributed by atoms with E-state index in [0.29, 0.717) is 12.0 Å². The van der Waals surface area contributed by atoms with E-state index < -0.39 is 11.7 Å². The summed E-state index contributed by atoms with van der Waals surface area (Å²) in [6, 6.07) is 6.67. The summed E-state index contributed by atoms with van der Waals surface area (Å²) in [6.07, 6.45) is -3.59. The summed E-state index contributed by atoms with van der Waals surface area (Å²) in [6.45, 7) is 5.94. The second kappa shape index (κ2) is 7.61. The van der Waals surface area contributed by atoms with E-state index in [1.54, 1.807) is 4.52 Å². The molecule has 0 aliphatic carbocycles. The van der Waals surface area contributed by atoms with Gasteiger partial charge >= 0.3 is 6.18 Å². The highest BCUT2D eigenvalue weighted by Crippen LogP contribution is 2.29. The third kappa shape index (κ3) is 4.32. The monoisotopic (exact) mass is 390 g/mol. The molecule has 2 heterocycles. The predicted octanol–water partition coefficient (Wildman–Crippen LogP) is 3.92. The smallest absolute Gasteiger partial charge is 0.352 e. The number of rotatable bonds is 5. The molecule has 3 aromatic rings. The lowest BCUT2D eigenvalue weighted by Crippen LogP contribution is -2.23. The van der Waals surface area contributed by atoms with Crippen molar-refractivity contribution in [2.45, 2.75) is 46.3 Å². The van der Waals surface area contributed by atoms with Gasteiger partial charge in [-0.15, -0.1) is 0 Å². The van der Waals surface area contributed by atoms with Gasteiger partial charge < -0.3 is 5.32 Å². The van der Waals surface area contributed by atoms with Gasteiger partial charge in [0.15, 0.2) is 5.65 Å². The van der Waals surface area contributed by atoms with Gasteiger partial charge in [-0.1, -0.05) is 12.1 Å². The minimum absolute atomic E-state index is 0.171. The molecule has 0 radical (unpaired) electrons. The Morgan fingerprint density at radius 3 is 2.46 bits per heavy atom. The van der Waals surface area contributed by atoms with Gasteiger partial charge in [0.2, 0.25) is 5.91 Å². The number of amides is 1. The van der Waals surface area contributed by atoms with Gasteiger partial charge in [-0.3, -0.25) is 4.79 Å². The van der Waals surface area contributed by atoms with Crippen LogP contribution in [-0.2, 0) is 23.9 Å². The van der Waals surface area contributed by atoms with Crippen LogP contribution in [-0.4, -0.2) is 20.5 Å². The molecule has 1 amide bonds. The summed E-state index contributed by atoms with van der Waals surface area (Å²) in [5, 5.41) is 7.16. The maximum atomic E-state index is 12.6. The van der Waals surface area contributed by atoms with Crippen LogP contribution in [0.15, 0.2) is 30.3 Å². The first-order valence-corrected chi connectivity index (χ1v) is 8.90. The number of aromatic nitrogens is 3. The van der Waals surface area contributed by atoms with Crippen LogP contribution in [0.25, 0.3) is 5.65 Å². The third-order valence-corrected chi connectivity index (χ3v) is 4.66. The van der Waals surface area contributed by atoms with Crippen LogP contribution >= 0.6 is 0 Å². The van der Waals surface area contributed by atoms with Gasteiger partial charge in [-0.05, 0) is 50.5 Å². The topological polar surface area (TPSA) is 59.3 Å². The minimum Gasteiger partial charge on any atom is -0.352 e. The van der Waals surface area contributed by atoms with Crippen LogP contribution in [0.1, 0.15) is 40.2 Å². The molecule has 1 aromatic carbocycles.